The van der Waals surface area contributed by atoms with Crippen molar-refractivity contribution in [2.75, 3.05) is 0 Å². The first-order valence-electron chi connectivity index (χ1n) is 6.54. The molecule has 1 N–H and O–H groups in total. The minimum absolute atomic E-state index is 0.0171. The molecular weight excluding hydrogens is 337 g/mol. The molecule has 0 bridgehead atoms. The second kappa shape index (κ2) is 6.49. The lowest BCUT2D eigenvalue weighted by atomic mass is 10.1. The Morgan fingerprint density at radius 3 is 2.57 bits per heavy atom. The summed E-state index contributed by atoms with van der Waals surface area (Å²) in [7, 11) is 0. The molecule has 0 fully saturated rings. The van der Waals surface area contributed by atoms with Crippen molar-refractivity contribution >= 4 is 15.9 Å². The van der Waals surface area contributed by atoms with Crippen molar-refractivity contribution < 1.29 is 9.13 Å². The predicted molar refractivity (Wildman–Crippen MR) is 82.8 cm³/mol. The Labute approximate surface area is 131 Å². The molecule has 0 aliphatic carbocycles. The van der Waals surface area contributed by atoms with Crippen molar-refractivity contribution in [3.8, 4) is 11.6 Å². The molecule has 0 atom stereocenters. The van der Waals surface area contributed by atoms with Crippen LogP contribution >= 0.6 is 15.9 Å². The second-order valence-corrected chi connectivity index (χ2v) is 6.50. The topological polar surface area (TPSA) is 47.0 Å². The van der Waals surface area contributed by atoms with Crippen LogP contribution in [0.1, 0.15) is 26.5 Å². The zero-order valence-electron chi connectivity index (χ0n) is 12.2. The number of hydrogen-bond donors (Lipinski definition) is 1. The smallest absolute Gasteiger partial charge is 0.238 e. The first-order chi connectivity index (χ1) is 9.83. The minimum Gasteiger partial charge on any atom is -0.436 e. The lowest BCUT2D eigenvalue weighted by Crippen LogP contribution is -2.35. The van der Waals surface area contributed by atoms with Gasteiger partial charge in [-0.05, 0) is 54.9 Å². The van der Waals surface area contributed by atoms with Gasteiger partial charge in [0.15, 0.2) is 0 Å². The second-order valence-electron chi connectivity index (χ2n) is 5.64. The van der Waals surface area contributed by atoms with Crippen molar-refractivity contribution in [1.29, 1.82) is 0 Å². The Morgan fingerprint density at radius 2 is 1.95 bits per heavy atom. The van der Waals surface area contributed by atoms with E-state index in [1.165, 1.54) is 12.1 Å². The third-order valence-corrected chi connectivity index (χ3v) is 3.26. The fourth-order valence-corrected chi connectivity index (χ4v) is 1.85. The molecular formula is C15H17BrFN3O. The summed E-state index contributed by atoms with van der Waals surface area (Å²) in [4.78, 5) is 0. The van der Waals surface area contributed by atoms with E-state index in [4.69, 9.17) is 4.74 Å². The van der Waals surface area contributed by atoms with Crippen molar-refractivity contribution in [2.45, 2.75) is 32.9 Å². The monoisotopic (exact) mass is 353 g/mol. The third kappa shape index (κ3) is 5.06. The van der Waals surface area contributed by atoms with Gasteiger partial charge in [0.1, 0.15) is 11.6 Å². The maximum absolute atomic E-state index is 13.2. The van der Waals surface area contributed by atoms with Gasteiger partial charge >= 0.3 is 0 Å². The maximum atomic E-state index is 13.2. The molecule has 0 radical (unpaired) electrons. The summed E-state index contributed by atoms with van der Waals surface area (Å²) in [5, 5.41) is 11.4. The Hall–Kier alpha value is -1.53. The standard InChI is InChI=1S/C15H17BrFN3O/c1-15(2,3)18-9-11-5-7-14(20-19-11)21-13-8-10(17)4-6-12(13)16/h4-8,18H,9H2,1-3H3. The molecule has 0 spiro atoms. The summed E-state index contributed by atoms with van der Waals surface area (Å²) in [5.74, 6) is 0.317. The van der Waals surface area contributed by atoms with Gasteiger partial charge in [-0.15, -0.1) is 5.10 Å². The summed E-state index contributed by atoms with van der Waals surface area (Å²) in [5.41, 5.74) is 0.832. The number of rotatable bonds is 4. The molecule has 112 valence electrons. The zero-order valence-corrected chi connectivity index (χ0v) is 13.7. The normalized spacial score (nSPS) is 11.5. The van der Waals surface area contributed by atoms with Gasteiger partial charge in [-0.1, -0.05) is 0 Å². The maximum Gasteiger partial charge on any atom is 0.238 e. The number of hydrogen-bond acceptors (Lipinski definition) is 4. The SMILES string of the molecule is CC(C)(C)NCc1ccc(Oc2cc(F)ccc2Br)nn1. The number of nitrogens with one attached hydrogen (secondary N) is 1. The molecule has 6 heteroatoms. The van der Waals surface area contributed by atoms with E-state index in [1.807, 2.05) is 6.07 Å². The van der Waals surface area contributed by atoms with E-state index in [0.29, 0.717) is 22.6 Å². The lowest BCUT2D eigenvalue weighted by Gasteiger charge is -2.19. The number of halogens is 2. The molecule has 0 aliphatic rings. The van der Waals surface area contributed by atoms with Gasteiger partial charge in [-0.3, -0.25) is 0 Å². The van der Waals surface area contributed by atoms with Gasteiger partial charge in [0, 0.05) is 24.2 Å². The van der Waals surface area contributed by atoms with Crippen LogP contribution in [0.5, 0.6) is 11.6 Å². The molecule has 1 aromatic carbocycles. The summed E-state index contributed by atoms with van der Waals surface area (Å²) >= 11 is 3.30. The van der Waals surface area contributed by atoms with E-state index in [9.17, 15) is 4.39 Å². The molecule has 0 aliphatic heterocycles. The fourth-order valence-electron chi connectivity index (χ4n) is 1.52. The minimum atomic E-state index is -0.368. The molecule has 0 amide bonds. The molecule has 2 rings (SSSR count). The number of aromatic nitrogens is 2. The van der Waals surface area contributed by atoms with E-state index < -0.39 is 0 Å². The van der Waals surface area contributed by atoms with Gasteiger partial charge in [0.25, 0.3) is 0 Å². The summed E-state index contributed by atoms with van der Waals surface area (Å²) in [6.45, 7) is 6.87. The van der Waals surface area contributed by atoms with Crippen LogP contribution < -0.4 is 10.1 Å². The number of nitrogens with zero attached hydrogens (tertiary/aromatic N) is 2. The summed E-state index contributed by atoms with van der Waals surface area (Å²) < 4.78 is 19.3. The Balaban J connectivity index is 2.04. The van der Waals surface area contributed by atoms with Gasteiger partial charge < -0.3 is 10.1 Å². The fraction of sp³-hybridized carbons (Fsp3) is 0.333. The van der Waals surface area contributed by atoms with Gasteiger partial charge in [0.2, 0.25) is 5.88 Å². The van der Waals surface area contributed by atoms with Crippen molar-refractivity contribution in [1.82, 2.24) is 15.5 Å². The van der Waals surface area contributed by atoms with Gasteiger partial charge in [-0.2, -0.15) is 5.10 Å². The Bertz CT molecular complexity index is 611. The quantitative estimate of drug-likeness (QED) is 0.900. The van der Waals surface area contributed by atoms with Crippen LogP contribution in [-0.2, 0) is 6.54 Å². The molecule has 1 aromatic heterocycles. The van der Waals surface area contributed by atoms with E-state index >= 15 is 0 Å². The Kier molecular flexibility index (Phi) is 4.90. The highest BCUT2D eigenvalue weighted by Gasteiger charge is 2.10. The highest BCUT2D eigenvalue weighted by Crippen LogP contribution is 2.29. The van der Waals surface area contributed by atoms with Crippen LogP contribution in [-0.4, -0.2) is 15.7 Å². The van der Waals surface area contributed by atoms with E-state index in [0.717, 1.165) is 5.69 Å². The van der Waals surface area contributed by atoms with Crippen LogP contribution in [0.4, 0.5) is 4.39 Å². The molecule has 0 unspecified atom stereocenters. The predicted octanol–water partition coefficient (Wildman–Crippen LogP) is 4.06. The highest BCUT2D eigenvalue weighted by molar-refractivity contribution is 9.10. The zero-order chi connectivity index (χ0) is 15.5. The summed E-state index contributed by atoms with van der Waals surface area (Å²) in [6.07, 6.45) is 0. The molecule has 0 saturated heterocycles. The van der Waals surface area contributed by atoms with Crippen LogP contribution in [0.2, 0.25) is 0 Å². The number of ether oxygens (including phenoxy) is 1. The first kappa shape index (κ1) is 15.9. The largest absolute Gasteiger partial charge is 0.436 e. The van der Waals surface area contributed by atoms with Crippen molar-refractivity contribution in [2.24, 2.45) is 0 Å². The lowest BCUT2D eigenvalue weighted by molar-refractivity contribution is 0.416. The Morgan fingerprint density at radius 1 is 1.19 bits per heavy atom. The molecule has 2 aromatic rings. The average Bonchev–Trinajstić information content (AvgIpc) is 2.41. The van der Waals surface area contributed by atoms with Crippen LogP contribution in [0.3, 0.4) is 0 Å². The van der Waals surface area contributed by atoms with Gasteiger partial charge in [-0.25, -0.2) is 4.39 Å². The first-order valence-corrected chi connectivity index (χ1v) is 7.33. The van der Waals surface area contributed by atoms with Crippen LogP contribution in [0, 0.1) is 5.82 Å². The molecule has 1 heterocycles. The highest BCUT2D eigenvalue weighted by atomic mass is 79.9. The van der Waals surface area contributed by atoms with Gasteiger partial charge in [0.05, 0.1) is 10.2 Å². The van der Waals surface area contributed by atoms with E-state index in [-0.39, 0.29) is 11.4 Å². The molecule has 4 nitrogen and oxygen atoms in total. The third-order valence-electron chi connectivity index (χ3n) is 2.60. The molecule has 21 heavy (non-hydrogen) atoms. The van der Waals surface area contributed by atoms with Crippen LogP contribution in [0.25, 0.3) is 0 Å². The average molecular weight is 354 g/mol. The molecule has 0 saturated carbocycles. The number of benzene rings is 1. The van der Waals surface area contributed by atoms with E-state index in [1.54, 1.807) is 12.1 Å². The van der Waals surface area contributed by atoms with Crippen molar-refractivity contribution in [3.63, 3.8) is 0 Å². The van der Waals surface area contributed by atoms with Crippen LogP contribution in [0.15, 0.2) is 34.8 Å². The summed E-state index contributed by atoms with van der Waals surface area (Å²) in [6, 6.07) is 7.77. The van der Waals surface area contributed by atoms with Crippen molar-refractivity contribution in [3.05, 3.63) is 46.3 Å². The van der Waals surface area contributed by atoms with E-state index in [2.05, 4.69) is 52.2 Å².